The van der Waals surface area contributed by atoms with Gasteiger partial charge in [-0.15, -0.1) is 0 Å². The molecule has 0 saturated carbocycles. The molecular weight excluding hydrogens is 228 g/mol. The van der Waals surface area contributed by atoms with Gasteiger partial charge in [-0.1, -0.05) is 0 Å². The minimum atomic E-state index is -1.51. The maximum atomic E-state index is 10.6. The molecule has 0 aliphatic heterocycles. The number of aliphatic hydroxyl groups is 1. The highest BCUT2D eigenvalue weighted by molar-refractivity contribution is 5.72. The molecule has 0 heterocycles. The summed E-state index contributed by atoms with van der Waals surface area (Å²) in [6, 6.07) is 4.30. The van der Waals surface area contributed by atoms with Gasteiger partial charge < -0.3 is 15.5 Å². The van der Waals surface area contributed by atoms with Crippen molar-refractivity contribution in [2.24, 2.45) is 0 Å². The number of nitro benzene ring substituents is 1. The van der Waals surface area contributed by atoms with E-state index in [1.807, 2.05) is 0 Å². The maximum Gasteiger partial charge on any atom is 0.334 e. The Morgan fingerprint density at radius 3 is 2.71 bits per heavy atom. The lowest BCUT2D eigenvalue weighted by Gasteiger charge is -2.09. The number of carbonyl (C=O) groups is 1. The molecule has 0 unspecified atom stereocenters. The number of nitro groups is 1. The predicted molar refractivity (Wildman–Crippen MR) is 60.0 cm³/mol. The van der Waals surface area contributed by atoms with Gasteiger partial charge in [0.25, 0.3) is 5.69 Å². The van der Waals surface area contributed by atoms with Crippen molar-refractivity contribution in [3.63, 3.8) is 0 Å². The number of aliphatic hydroxyl groups excluding tert-OH is 1. The third kappa shape index (κ3) is 3.42. The quantitative estimate of drug-likeness (QED) is 0.517. The summed E-state index contributed by atoms with van der Waals surface area (Å²) in [4.78, 5) is 20.4. The van der Waals surface area contributed by atoms with Crippen LogP contribution in [0.3, 0.4) is 0 Å². The van der Waals surface area contributed by atoms with Gasteiger partial charge in [-0.25, -0.2) is 4.79 Å². The van der Waals surface area contributed by atoms with E-state index in [9.17, 15) is 14.9 Å². The second-order valence-corrected chi connectivity index (χ2v) is 3.49. The molecule has 7 heteroatoms. The summed E-state index contributed by atoms with van der Waals surface area (Å²) >= 11 is 0. The van der Waals surface area contributed by atoms with Crippen LogP contribution in [0.1, 0.15) is 5.56 Å². The van der Waals surface area contributed by atoms with Crippen molar-refractivity contribution in [1.82, 2.24) is 0 Å². The first kappa shape index (κ1) is 12.9. The molecule has 17 heavy (non-hydrogen) atoms. The van der Waals surface area contributed by atoms with Crippen LogP contribution >= 0.6 is 0 Å². The molecule has 7 nitrogen and oxygen atoms in total. The van der Waals surface area contributed by atoms with E-state index in [0.29, 0.717) is 11.3 Å². The van der Waals surface area contributed by atoms with Crippen molar-refractivity contribution in [3.8, 4) is 0 Å². The van der Waals surface area contributed by atoms with Gasteiger partial charge in [0.05, 0.1) is 11.5 Å². The third-order valence-electron chi connectivity index (χ3n) is 2.18. The van der Waals surface area contributed by atoms with Gasteiger partial charge in [-0.05, 0) is 19.1 Å². The molecule has 0 bridgehead atoms. The van der Waals surface area contributed by atoms with Crippen LogP contribution in [0, 0.1) is 17.0 Å². The topological polar surface area (TPSA) is 113 Å². The van der Waals surface area contributed by atoms with E-state index >= 15 is 0 Å². The van der Waals surface area contributed by atoms with Gasteiger partial charge in [0.15, 0.2) is 6.10 Å². The lowest BCUT2D eigenvalue weighted by molar-refractivity contribution is -0.385. The van der Waals surface area contributed by atoms with Crippen LogP contribution in [0.15, 0.2) is 18.2 Å². The standard InChI is InChI=1S/C10H12N2O5/c1-6-4-7(2-3-8(6)12(16)17)11-5-9(13)10(14)15/h2-4,9,11,13H,5H2,1H3,(H,14,15)/t9-/m0/s1. The number of carboxylic acid groups (broad SMARTS) is 1. The van der Waals surface area contributed by atoms with Gasteiger partial charge in [0.1, 0.15) is 0 Å². The molecular formula is C10H12N2O5. The van der Waals surface area contributed by atoms with Crippen molar-refractivity contribution in [2.45, 2.75) is 13.0 Å². The van der Waals surface area contributed by atoms with Crippen LogP contribution in [0.25, 0.3) is 0 Å². The minimum absolute atomic E-state index is 0.00525. The SMILES string of the molecule is Cc1cc(NC[C@H](O)C(=O)O)ccc1[N+](=O)[O-]. The van der Waals surface area contributed by atoms with Crippen LogP contribution in [-0.2, 0) is 4.79 Å². The molecule has 0 aliphatic carbocycles. The Morgan fingerprint density at radius 1 is 1.59 bits per heavy atom. The molecule has 0 aromatic heterocycles. The van der Waals surface area contributed by atoms with Crippen LogP contribution in [0.4, 0.5) is 11.4 Å². The molecule has 3 N–H and O–H groups in total. The number of anilines is 1. The van der Waals surface area contributed by atoms with E-state index < -0.39 is 17.0 Å². The summed E-state index contributed by atoms with van der Waals surface area (Å²) in [6.07, 6.45) is -1.51. The highest BCUT2D eigenvalue weighted by Gasteiger charge is 2.14. The second kappa shape index (κ2) is 5.26. The van der Waals surface area contributed by atoms with Gasteiger partial charge in [0.2, 0.25) is 0 Å². The van der Waals surface area contributed by atoms with Crippen molar-refractivity contribution in [2.75, 3.05) is 11.9 Å². The van der Waals surface area contributed by atoms with Gasteiger partial charge >= 0.3 is 5.97 Å². The Labute approximate surface area is 96.8 Å². The fourth-order valence-corrected chi connectivity index (χ4v) is 1.27. The lowest BCUT2D eigenvalue weighted by atomic mass is 10.2. The molecule has 0 amide bonds. The zero-order valence-electron chi connectivity index (χ0n) is 9.08. The first-order valence-corrected chi connectivity index (χ1v) is 4.81. The van der Waals surface area contributed by atoms with Crippen LogP contribution in [-0.4, -0.2) is 33.8 Å². The fraction of sp³-hybridized carbons (Fsp3) is 0.300. The Kier molecular flexibility index (Phi) is 4.00. The summed E-state index contributed by atoms with van der Waals surface area (Å²) in [7, 11) is 0. The predicted octanol–water partition coefficient (Wildman–Crippen LogP) is 0.761. The number of aliphatic carboxylic acids is 1. The van der Waals surface area contributed by atoms with E-state index in [0.717, 1.165) is 0 Å². The molecule has 1 rings (SSSR count). The molecule has 0 fully saturated rings. The number of carboxylic acids is 1. The summed E-state index contributed by atoms with van der Waals surface area (Å²) in [5, 5.41) is 30.7. The van der Waals surface area contributed by atoms with Crippen molar-refractivity contribution in [3.05, 3.63) is 33.9 Å². The molecule has 0 aliphatic rings. The number of nitrogens with one attached hydrogen (secondary N) is 1. The average molecular weight is 240 g/mol. The van der Waals surface area contributed by atoms with E-state index in [-0.39, 0.29) is 12.2 Å². The summed E-state index contributed by atoms with van der Waals surface area (Å²) in [6.45, 7) is 1.42. The first-order chi connectivity index (χ1) is 7.91. The van der Waals surface area contributed by atoms with Crippen LogP contribution < -0.4 is 5.32 Å². The van der Waals surface area contributed by atoms with Gasteiger partial charge in [-0.2, -0.15) is 0 Å². The fourth-order valence-electron chi connectivity index (χ4n) is 1.27. The van der Waals surface area contributed by atoms with E-state index in [1.54, 1.807) is 6.92 Å². The smallest absolute Gasteiger partial charge is 0.334 e. The maximum absolute atomic E-state index is 10.6. The summed E-state index contributed by atoms with van der Waals surface area (Å²) in [5.74, 6) is -1.32. The molecule has 0 radical (unpaired) electrons. The second-order valence-electron chi connectivity index (χ2n) is 3.49. The highest BCUT2D eigenvalue weighted by Crippen LogP contribution is 2.21. The normalized spacial score (nSPS) is 11.9. The van der Waals surface area contributed by atoms with Crippen molar-refractivity contribution in [1.29, 1.82) is 0 Å². The highest BCUT2D eigenvalue weighted by atomic mass is 16.6. The van der Waals surface area contributed by atoms with Gasteiger partial charge in [0, 0.05) is 17.3 Å². The zero-order chi connectivity index (χ0) is 13.0. The number of benzene rings is 1. The van der Waals surface area contributed by atoms with E-state index in [1.165, 1.54) is 18.2 Å². The monoisotopic (exact) mass is 240 g/mol. The molecule has 0 spiro atoms. The Hall–Kier alpha value is -2.15. The Bertz CT molecular complexity index is 446. The van der Waals surface area contributed by atoms with E-state index in [4.69, 9.17) is 10.2 Å². The third-order valence-corrected chi connectivity index (χ3v) is 2.18. The van der Waals surface area contributed by atoms with E-state index in [2.05, 4.69) is 5.32 Å². The van der Waals surface area contributed by atoms with Crippen molar-refractivity contribution < 1.29 is 19.9 Å². The number of nitrogens with zero attached hydrogens (tertiary/aromatic N) is 1. The molecule has 1 atom stereocenters. The van der Waals surface area contributed by atoms with Gasteiger partial charge in [-0.3, -0.25) is 10.1 Å². The zero-order valence-corrected chi connectivity index (χ0v) is 9.08. The number of aryl methyl sites for hydroxylation is 1. The summed E-state index contributed by atoms with van der Waals surface area (Å²) in [5.41, 5.74) is 0.979. The molecule has 1 aromatic rings. The average Bonchev–Trinajstić information content (AvgIpc) is 2.25. The molecule has 0 saturated heterocycles. The van der Waals surface area contributed by atoms with Crippen LogP contribution in [0.2, 0.25) is 0 Å². The lowest BCUT2D eigenvalue weighted by Crippen LogP contribution is -2.28. The largest absolute Gasteiger partial charge is 0.479 e. The number of hydrogen-bond donors (Lipinski definition) is 3. The first-order valence-electron chi connectivity index (χ1n) is 4.81. The summed E-state index contributed by atoms with van der Waals surface area (Å²) < 4.78 is 0. The van der Waals surface area contributed by atoms with Crippen molar-refractivity contribution >= 4 is 17.3 Å². The Morgan fingerprint density at radius 2 is 2.24 bits per heavy atom. The minimum Gasteiger partial charge on any atom is -0.479 e. The van der Waals surface area contributed by atoms with Crippen LogP contribution in [0.5, 0.6) is 0 Å². The molecule has 92 valence electrons. The number of rotatable bonds is 5. The Balaban J connectivity index is 2.71. The number of hydrogen-bond acceptors (Lipinski definition) is 5. The molecule has 1 aromatic carbocycles.